The summed E-state index contributed by atoms with van der Waals surface area (Å²) in [6.07, 6.45) is -1.40. The second-order valence-electron chi connectivity index (χ2n) is 4.43. The summed E-state index contributed by atoms with van der Waals surface area (Å²) in [6.45, 7) is 1.76. The van der Waals surface area contributed by atoms with Crippen LogP contribution in [-0.4, -0.2) is 42.7 Å². The van der Waals surface area contributed by atoms with E-state index in [1.165, 1.54) is 7.11 Å². The molecule has 0 unspecified atom stereocenters. The van der Waals surface area contributed by atoms with Crippen LogP contribution in [0.1, 0.15) is 25.0 Å². The maximum Gasteiger partial charge on any atom is 0.326 e. The van der Waals surface area contributed by atoms with Gasteiger partial charge in [0.15, 0.2) is 6.10 Å². The lowest BCUT2D eigenvalue weighted by Crippen LogP contribution is -2.44. The molecule has 1 aromatic rings. The van der Waals surface area contributed by atoms with E-state index >= 15 is 0 Å². The summed E-state index contributed by atoms with van der Waals surface area (Å²) in [6, 6.07) is 7.27. The first-order valence-corrected chi connectivity index (χ1v) is 6.76. The molecule has 1 rings (SSSR count). The predicted molar refractivity (Wildman–Crippen MR) is 77.0 cm³/mol. The predicted octanol–water partition coefficient (Wildman–Crippen LogP) is 0.897. The monoisotopic (exact) mass is 309 g/mol. The number of hydrogen-bond donors (Lipinski definition) is 2. The van der Waals surface area contributed by atoms with Crippen LogP contribution in [0.5, 0.6) is 0 Å². The van der Waals surface area contributed by atoms with Crippen LogP contribution >= 0.6 is 0 Å². The molecule has 0 aliphatic rings. The molecule has 0 bridgehead atoms. The zero-order valence-corrected chi connectivity index (χ0v) is 12.4. The van der Waals surface area contributed by atoms with Gasteiger partial charge in [0.2, 0.25) is 0 Å². The Hall–Kier alpha value is -2.41. The molecule has 0 aliphatic carbocycles. The van der Waals surface area contributed by atoms with E-state index in [4.69, 9.17) is 14.6 Å². The average molecular weight is 309 g/mol. The van der Waals surface area contributed by atoms with Crippen LogP contribution in [0.15, 0.2) is 30.3 Å². The molecule has 0 heterocycles. The van der Waals surface area contributed by atoms with Gasteiger partial charge in [-0.1, -0.05) is 30.3 Å². The van der Waals surface area contributed by atoms with Crippen molar-refractivity contribution >= 4 is 17.8 Å². The number of hydrogen-bond acceptors (Lipinski definition) is 5. The fourth-order valence-electron chi connectivity index (χ4n) is 1.86. The highest BCUT2D eigenvalue weighted by atomic mass is 16.5. The minimum atomic E-state index is -1.37. The maximum absolute atomic E-state index is 12.2. The van der Waals surface area contributed by atoms with Gasteiger partial charge in [0.05, 0.1) is 13.0 Å². The Morgan fingerprint density at radius 2 is 1.86 bits per heavy atom. The van der Waals surface area contributed by atoms with Gasteiger partial charge >= 0.3 is 11.9 Å². The van der Waals surface area contributed by atoms with Gasteiger partial charge in [-0.25, -0.2) is 4.79 Å². The number of ether oxygens (including phenoxy) is 2. The summed E-state index contributed by atoms with van der Waals surface area (Å²) >= 11 is 0. The first-order chi connectivity index (χ1) is 10.5. The number of nitrogens with one attached hydrogen (secondary N) is 1. The molecule has 0 saturated heterocycles. The zero-order valence-electron chi connectivity index (χ0n) is 12.4. The van der Waals surface area contributed by atoms with Crippen molar-refractivity contribution in [3.05, 3.63) is 35.9 Å². The van der Waals surface area contributed by atoms with Crippen molar-refractivity contribution in [3.63, 3.8) is 0 Å². The fourth-order valence-corrected chi connectivity index (χ4v) is 1.86. The molecule has 0 aromatic heterocycles. The number of esters is 1. The Balaban J connectivity index is 2.77. The first kappa shape index (κ1) is 17.6. The van der Waals surface area contributed by atoms with E-state index < -0.39 is 36.4 Å². The third kappa shape index (κ3) is 5.17. The molecule has 2 N–H and O–H groups in total. The molecule has 0 fully saturated rings. The van der Waals surface area contributed by atoms with E-state index in [2.05, 4.69) is 5.32 Å². The molecule has 1 amide bonds. The minimum absolute atomic E-state index is 0.143. The third-order valence-corrected chi connectivity index (χ3v) is 2.87. The lowest BCUT2D eigenvalue weighted by atomic mass is 10.1. The second-order valence-corrected chi connectivity index (χ2v) is 4.43. The number of aliphatic carboxylic acids is 1. The minimum Gasteiger partial charge on any atom is -0.480 e. The maximum atomic E-state index is 12.2. The molecule has 0 saturated carbocycles. The number of carbonyl (C=O) groups is 3. The number of carboxylic acids is 1. The van der Waals surface area contributed by atoms with Crippen molar-refractivity contribution < 1.29 is 29.0 Å². The molecule has 7 nitrogen and oxygen atoms in total. The molecule has 120 valence electrons. The fraction of sp³-hybridized carbons (Fsp3) is 0.400. The van der Waals surface area contributed by atoms with Crippen molar-refractivity contribution in [3.8, 4) is 0 Å². The van der Waals surface area contributed by atoms with Gasteiger partial charge in [-0.15, -0.1) is 0 Å². The van der Waals surface area contributed by atoms with Gasteiger partial charge < -0.3 is 19.9 Å². The van der Waals surface area contributed by atoms with E-state index in [0.717, 1.165) is 0 Å². The van der Waals surface area contributed by atoms with Crippen LogP contribution in [-0.2, 0) is 23.9 Å². The molecule has 7 heteroatoms. The Morgan fingerprint density at radius 1 is 1.23 bits per heavy atom. The summed E-state index contributed by atoms with van der Waals surface area (Å²) in [4.78, 5) is 34.7. The molecule has 0 spiro atoms. The lowest BCUT2D eigenvalue weighted by Gasteiger charge is -2.19. The van der Waals surface area contributed by atoms with Crippen LogP contribution in [0.25, 0.3) is 0 Å². The summed E-state index contributed by atoms with van der Waals surface area (Å²) < 4.78 is 9.80. The molecule has 0 aliphatic heterocycles. The van der Waals surface area contributed by atoms with Gasteiger partial charge in [-0.3, -0.25) is 9.59 Å². The van der Waals surface area contributed by atoms with Crippen molar-refractivity contribution in [1.29, 1.82) is 0 Å². The summed E-state index contributed by atoms with van der Waals surface area (Å²) in [5.74, 6) is -2.64. The number of amides is 1. The molecule has 2 atom stereocenters. The topological polar surface area (TPSA) is 102 Å². The highest BCUT2D eigenvalue weighted by Gasteiger charge is 2.28. The molecular weight excluding hydrogens is 290 g/mol. The van der Waals surface area contributed by atoms with E-state index in [1.54, 1.807) is 37.3 Å². The van der Waals surface area contributed by atoms with Crippen LogP contribution in [0.4, 0.5) is 0 Å². The Kier molecular flexibility index (Phi) is 7.04. The van der Waals surface area contributed by atoms with E-state index in [9.17, 15) is 14.4 Å². The number of methoxy groups -OCH3 is 1. The van der Waals surface area contributed by atoms with Gasteiger partial charge in [0, 0.05) is 7.11 Å². The molecule has 1 aromatic carbocycles. The van der Waals surface area contributed by atoms with Gasteiger partial charge in [0.1, 0.15) is 6.04 Å². The van der Waals surface area contributed by atoms with Gasteiger partial charge in [-0.2, -0.15) is 0 Å². The van der Waals surface area contributed by atoms with E-state index in [-0.39, 0.29) is 6.61 Å². The summed E-state index contributed by atoms with van der Waals surface area (Å²) in [5.41, 5.74) is 0.586. The average Bonchev–Trinajstić information content (AvgIpc) is 2.48. The second kappa shape index (κ2) is 8.78. The van der Waals surface area contributed by atoms with Crippen LogP contribution in [0, 0.1) is 0 Å². The van der Waals surface area contributed by atoms with Crippen molar-refractivity contribution in [2.75, 3.05) is 13.7 Å². The Morgan fingerprint density at radius 3 is 2.36 bits per heavy atom. The smallest absolute Gasteiger partial charge is 0.326 e. The van der Waals surface area contributed by atoms with Crippen molar-refractivity contribution in [2.45, 2.75) is 25.5 Å². The van der Waals surface area contributed by atoms with Crippen molar-refractivity contribution in [1.82, 2.24) is 5.32 Å². The highest BCUT2D eigenvalue weighted by Crippen LogP contribution is 2.16. The first-order valence-electron chi connectivity index (χ1n) is 6.76. The quantitative estimate of drug-likeness (QED) is 0.692. The van der Waals surface area contributed by atoms with Crippen LogP contribution < -0.4 is 5.32 Å². The number of benzene rings is 1. The number of rotatable bonds is 8. The number of carbonyl (C=O) groups excluding carboxylic acids is 2. The summed E-state index contributed by atoms with van der Waals surface area (Å²) in [5, 5.41) is 11.4. The molecule has 0 radical (unpaired) electrons. The normalized spacial score (nSPS) is 13.0. The Labute approximate surface area is 128 Å². The van der Waals surface area contributed by atoms with Gasteiger partial charge in [-0.05, 0) is 12.5 Å². The highest BCUT2D eigenvalue weighted by molar-refractivity contribution is 5.89. The van der Waals surface area contributed by atoms with E-state index in [0.29, 0.717) is 5.56 Å². The SMILES string of the molecule is CCOC(=O)C[C@H](NC(=O)[C@@H](OC)c1ccccc1)C(=O)O. The van der Waals surface area contributed by atoms with Gasteiger partial charge in [0.25, 0.3) is 5.91 Å². The standard InChI is InChI=1S/C15H19NO6/c1-3-22-12(17)9-11(15(19)20)16-14(18)13(21-2)10-7-5-4-6-8-10/h4-8,11,13H,3,9H2,1-2H3,(H,16,18)(H,19,20)/t11-,13-/m0/s1. The third-order valence-electron chi connectivity index (χ3n) is 2.87. The lowest BCUT2D eigenvalue weighted by molar-refractivity contribution is -0.151. The summed E-state index contributed by atoms with van der Waals surface area (Å²) in [7, 11) is 1.35. The van der Waals surface area contributed by atoms with Crippen molar-refractivity contribution in [2.24, 2.45) is 0 Å². The van der Waals surface area contributed by atoms with Crippen LogP contribution in [0.3, 0.4) is 0 Å². The van der Waals surface area contributed by atoms with Crippen LogP contribution in [0.2, 0.25) is 0 Å². The Bertz CT molecular complexity index is 516. The van der Waals surface area contributed by atoms with E-state index in [1.807, 2.05) is 0 Å². The number of carboxylic acid groups (broad SMARTS) is 1. The zero-order chi connectivity index (χ0) is 16.5. The largest absolute Gasteiger partial charge is 0.480 e. The molecule has 22 heavy (non-hydrogen) atoms. The molecular formula is C15H19NO6.